The van der Waals surface area contributed by atoms with Crippen LogP contribution in [0.1, 0.15) is 16.8 Å². The highest BCUT2D eigenvalue weighted by molar-refractivity contribution is 14.0. The zero-order valence-corrected chi connectivity index (χ0v) is 19.3. The van der Waals surface area contributed by atoms with Gasteiger partial charge in [0.05, 0.1) is 12.8 Å². The van der Waals surface area contributed by atoms with Crippen molar-refractivity contribution in [2.24, 2.45) is 4.99 Å². The Morgan fingerprint density at radius 3 is 2.45 bits per heavy atom. The molecule has 0 radical (unpaired) electrons. The quantitative estimate of drug-likeness (QED) is 0.286. The van der Waals surface area contributed by atoms with Gasteiger partial charge in [0.2, 0.25) is 5.89 Å². The van der Waals surface area contributed by atoms with E-state index in [0.717, 1.165) is 35.0 Å². The van der Waals surface area contributed by atoms with Gasteiger partial charge >= 0.3 is 0 Å². The van der Waals surface area contributed by atoms with Crippen molar-refractivity contribution in [3.05, 3.63) is 71.6 Å². The molecular weight excluding hydrogens is 479 g/mol. The predicted octanol–water partition coefficient (Wildman–Crippen LogP) is 4.18. The highest BCUT2D eigenvalue weighted by atomic mass is 127. The predicted molar refractivity (Wildman–Crippen MR) is 127 cm³/mol. The third-order valence-corrected chi connectivity index (χ3v) is 4.37. The number of aryl methyl sites for hydroxylation is 1. The maximum absolute atomic E-state index is 5.60. The lowest BCUT2D eigenvalue weighted by atomic mass is 10.1. The van der Waals surface area contributed by atoms with Crippen molar-refractivity contribution in [2.45, 2.75) is 19.9 Å². The number of hydrogen-bond acceptors (Lipinski definition) is 4. The van der Waals surface area contributed by atoms with Gasteiger partial charge in [0.15, 0.2) is 5.96 Å². The normalized spacial score (nSPS) is 10.9. The molecule has 0 fully saturated rings. The number of nitrogens with zero attached hydrogens (tertiary/aromatic N) is 2. The highest BCUT2D eigenvalue weighted by Crippen LogP contribution is 2.19. The van der Waals surface area contributed by atoms with Gasteiger partial charge in [0, 0.05) is 32.1 Å². The number of benzene rings is 2. The zero-order chi connectivity index (χ0) is 19.8. The van der Waals surface area contributed by atoms with Crippen LogP contribution in [0.3, 0.4) is 0 Å². The molecule has 0 aliphatic rings. The van der Waals surface area contributed by atoms with E-state index in [1.165, 1.54) is 5.56 Å². The summed E-state index contributed by atoms with van der Waals surface area (Å²) in [5.41, 5.74) is 4.27. The van der Waals surface area contributed by atoms with Gasteiger partial charge in [-0.15, -0.1) is 24.0 Å². The first kappa shape index (κ1) is 22.7. The molecule has 0 aliphatic carbocycles. The largest absolute Gasteiger partial charge is 0.497 e. The second kappa shape index (κ2) is 11.5. The average molecular weight is 506 g/mol. The van der Waals surface area contributed by atoms with Gasteiger partial charge in [-0.2, -0.15) is 0 Å². The van der Waals surface area contributed by atoms with Crippen LogP contribution in [0.15, 0.2) is 64.2 Å². The number of guanidine groups is 1. The Kier molecular flexibility index (Phi) is 8.98. The summed E-state index contributed by atoms with van der Waals surface area (Å²) < 4.78 is 10.8. The van der Waals surface area contributed by atoms with Crippen molar-refractivity contribution in [1.29, 1.82) is 0 Å². The number of aromatic nitrogens is 1. The molecule has 6 nitrogen and oxygen atoms in total. The minimum atomic E-state index is 0. The van der Waals surface area contributed by atoms with Crippen molar-refractivity contribution in [2.75, 3.05) is 20.7 Å². The Balaban J connectivity index is 0.00000300. The van der Waals surface area contributed by atoms with Gasteiger partial charge < -0.3 is 19.8 Å². The fourth-order valence-corrected chi connectivity index (χ4v) is 2.71. The van der Waals surface area contributed by atoms with Crippen molar-refractivity contribution in [3.8, 4) is 17.2 Å². The number of halogens is 1. The molecule has 1 heterocycles. The Morgan fingerprint density at radius 1 is 1.07 bits per heavy atom. The lowest BCUT2D eigenvalue weighted by Crippen LogP contribution is -2.37. The Bertz CT molecular complexity index is 905. The lowest BCUT2D eigenvalue weighted by molar-refractivity contribution is 0.414. The summed E-state index contributed by atoms with van der Waals surface area (Å²) in [6, 6.07) is 16.1. The minimum Gasteiger partial charge on any atom is -0.497 e. The number of oxazole rings is 1. The van der Waals surface area contributed by atoms with Gasteiger partial charge in [-0.05, 0) is 36.8 Å². The van der Waals surface area contributed by atoms with Gasteiger partial charge in [-0.1, -0.05) is 29.8 Å². The summed E-state index contributed by atoms with van der Waals surface area (Å²) >= 11 is 0. The summed E-state index contributed by atoms with van der Waals surface area (Å²) in [6.45, 7) is 3.46. The Labute approximate surface area is 188 Å². The van der Waals surface area contributed by atoms with Crippen molar-refractivity contribution < 1.29 is 9.15 Å². The molecule has 0 saturated heterocycles. The van der Waals surface area contributed by atoms with E-state index in [9.17, 15) is 0 Å². The first-order chi connectivity index (χ1) is 13.7. The molecule has 154 valence electrons. The molecule has 0 amide bonds. The number of nitrogens with one attached hydrogen (secondary N) is 2. The SMILES string of the molecule is CN=C(NCCc1coc(-c2ccc(C)cc2)n1)NCc1ccc(OC)cc1.I. The molecule has 0 bridgehead atoms. The van der Waals surface area contributed by atoms with E-state index in [-0.39, 0.29) is 24.0 Å². The molecular formula is C22H27IN4O2. The maximum atomic E-state index is 5.60. The van der Waals surface area contributed by atoms with Crippen molar-refractivity contribution in [3.63, 3.8) is 0 Å². The van der Waals surface area contributed by atoms with Gasteiger partial charge in [0.25, 0.3) is 0 Å². The molecule has 0 saturated carbocycles. The third kappa shape index (κ3) is 6.77. The number of aliphatic imine (C=N–C) groups is 1. The molecule has 3 rings (SSSR count). The molecule has 1 aromatic heterocycles. The van der Waals surface area contributed by atoms with Crippen LogP contribution >= 0.6 is 24.0 Å². The van der Waals surface area contributed by atoms with E-state index in [0.29, 0.717) is 19.0 Å². The van der Waals surface area contributed by atoms with Gasteiger partial charge in [-0.3, -0.25) is 4.99 Å². The molecule has 2 N–H and O–H groups in total. The summed E-state index contributed by atoms with van der Waals surface area (Å²) in [7, 11) is 3.42. The number of methoxy groups -OCH3 is 1. The van der Waals surface area contributed by atoms with Crippen LogP contribution in [-0.2, 0) is 13.0 Å². The molecule has 7 heteroatoms. The molecule has 29 heavy (non-hydrogen) atoms. The first-order valence-corrected chi connectivity index (χ1v) is 9.27. The lowest BCUT2D eigenvalue weighted by Gasteiger charge is -2.11. The number of ether oxygens (including phenoxy) is 1. The molecule has 0 aliphatic heterocycles. The minimum absolute atomic E-state index is 0. The zero-order valence-electron chi connectivity index (χ0n) is 16.9. The molecule has 2 aromatic carbocycles. The average Bonchev–Trinajstić information content (AvgIpc) is 3.20. The Morgan fingerprint density at radius 2 is 1.79 bits per heavy atom. The Hall–Kier alpha value is -2.55. The van der Waals surface area contributed by atoms with E-state index >= 15 is 0 Å². The summed E-state index contributed by atoms with van der Waals surface area (Å²) in [5.74, 6) is 2.25. The van der Waals surface area contributed by atoms with E-state index in [4.69, 9.17) is 9.15 Å². The van der Waals surface area contributed by atoms with Crippen LogP contribution in [-0.4, -0.2) is 31.6 Å². The third-order valence-electron chi connectivity index (χ3n) is 4.37. The molecule has 0 spiro atoms. The van der Waals surface area contributed by atoms with E-state index in [1.807, 2.05) is 36.4 Å². The maximum Gasteiger partial charge on any atom is 0.226 e. The standard InChI is InChI=1S/C22H26N4O2.HI/c1-16-4-8-18(9-5-16)21-26-19(15-28-21)12-13-24-22(23-2)25-14-17-6-10-20(27-3)11-7-17;/h4-11,15H,12-14H2,1-3H3,(H2,23,24,25);1H. The van der Waals surface area contributed by atoms with Crippen molar-refractivity contribution in [1.82, 2.24) is 15.6 Å². The number of hydrogen-bond donors (Lipinski definition) is 2. The highest BCUT2D eigenvalue weighted by Gasteiger charge is 2.07. The van der Waals surface area contributed by atoms with Crippen LogP contribution in [0.4, 0.5) is 0 Å². The van der Waals surface area contributed by atoms with Gasteiger partial charge in [0.1, 0.15) is 12.0 Å². The molecule has 0 atom stereocenters. The van der Waals surface area contributed by atoms with Crippen LogP contribution in [0.25, 0.3) is 11.5 Å². The monoisotopic (exact) mass is 506 g/mol. The smallest absolute Gasteiger partial charge is 0.226 e. The van der Waals surface area contributed by atoms with Crippen LogP contribution in [0.5, 0.6) is 5.75 Å². The van der Waals surface area contributed by atoms with Crippen LogP contribution in [0, 0.1) is 6.92 Å². The summed E-state index contributed by atoms with van der Waals surface area (Å²) in [6.07, 6.45) is 2.46. The van der Waals surface area contributed by atoms with Crippen molar-refractivity contribution >= 4 is 29.9 Å². The fourth-order valence-electron chi connectivity index (χ4n) is 2.71. The van der Waals surface area contributed by atoms with Crippen LogP contribution < -0.4 is 15.4 Å². The molecule has 3 aromatic rings. The van der Waals surface area contributed by atoms with E-state index < -0.39 is 0 Å². The topological polar surface area (TPSA) is 71.7 Å². The summed E-state index contributed by atoms with van der Waals surface area (Å²) in [5, 5.41) is 6.60. The second-order valence-corrected chi connectivity index (χ2v) is 6.46. The molecule has 0 unspecified atom stereocenters. The fraction of sp³-hybridized carbons (Fsp3) is 0.273. The van der Waals surface area contributed by atoms with Crippen LogP contribution in [0.2, 0.25) is 0 Å². The van der Waals surface area contributed by atoms with E-state index in [2.05, 4.69) is 39.7 Å². The first-order valence-electron chi connectivity index (χ1n) is 9.27. The van der Waals surface area contributed by atoms with Gasteiger partial charge in [-0.25, -0.2) is 4.98 Å². The van der Waals surface area contributed by atoms with E-state index in [1.54, 1.807) is 20.4 Å². The second-order valence-electron chi connectivity index (χ2n) is 6.46. The summed E-state index contributed by atoms with van der Waals surface area (Å²) in [4.78, 5) is 8.82. The number of rotatable bonds is 7.